The number of aromatic nitrogens is 2. The van der Waals surface area contributed by atoms with Gasteiger partial charge in [0.1, 0.15) is 10.2 Å². The maximum Gasteiger partial charge on any atom is 0.408 e. The SMILES string of the molecule is C[C@@H](NC(=O)OC(C)(C)C)c1ccc(Br)nn1. The lowest BCUT2D eigenvalue weighted by Crippen LogP contribution is -2.34. The highest BCUT2D eigenvalue weighted by Crippen LogP contribution is 2.12. The van der Waals surface area contributed by atoms with E-state index in [1.54, 1.807) is 12.1 Å². The van der Waals surface area contributed by atoms with E-state index < -0.39 is 11.7 Å². The van der Waals surface area contributed by atoms with Crippen molar-refractivity contribution in [1.82, 2.24) is 15.5 Å². The minimum Gasteiger partial charge on any atom is -0.444 e. The molecular weight excluding hydrogens is 286 g/mol. The lowest BCUT2D eigenvalue weighted by Gasteiger charge is -2.21. The van der Waals surface area contributed by atoms with E-state index in [9.17, 15) is 4.79 Å². The quantitative estimate of drug-likeness (QED) is 0.912. The zero-order chi connectivity index (χ0) is 13.1. The van der Waals surface area contributed by atoms with Crippen LogP contribution in [0.4, 0.5) is 4.79 Å². The molecule has 0 radical (unpaired) electrons. The smallest absolute Gasteiger partial charge is 0.408 e. The maximum absolute atomic E-state index is 11.5. The van der Waals surface area contributed by atoms with Crippen molar-refractivity contribution in [3.05, 3.63) is 22.4 Å². The van der Waals surface area contributed by atoms with Gasteiger partial charge in [-0.15, -0.1) is 5.10 Å². The molecule has 0 spiro atoms. The molecule has 0 saturated heterocycles. The van der Waals surface area contributed by atoms with Gasteiger partial charge in [0.25, 0.3) is 0 Å². The van der Waals surface area contributed by atoms with Crippen LogP contribution < -0.4 is 5.32 Å². The average Bonchev–Trinajstić information content (AvgIpc) is 2.15. The molecule has 1 heterocycles. The van der Waals surface area contributed by atoms with Gasteiger partial charge in [0.2, 0.25) is 0 Å². The Morgan fingerprint density at radius 1 is 1.41 bits per heavy atom. The van der Waals surface area contributed by atoms with Crippen molar-refractivity contribution in [1.29, 1.82) is 0 Å². The summed E-state index contributed by atoms with van der Waals surface area (Å²) in [7, 11) is 0. The van der Waals surface area contributed by atoms with Gasteiger partial charge in [0.15, 0.2) is 0 Å². The minimum atomic E-state index is -0.505. The van der Waals surface area contributed by atoms with Crippen LogP contribution in [0.2, 0.25) is 0 Å². The minimum absolute atomic E-state index is 0.245. The lowest BCUT2D eigenvalue weighted by molar-refractivity contribution is 0.0506. The summed E-state index contributed by atoms with van der Waals surface area (Å²) in [5, 5.41) is 10.5. The summed E-state index contributed by atoms with van der Waals surface area (Å²) >= 11 is 3.20. The van der Waals surface area contributed by atoms with Crippen molar-refractivity contribution in [2.75, 3.05) is 0 Å². The van der Waals surface area contributed by atoms with Gasteiger partial charge in [-0.3, -0.25) is 0 Å². The number of alkyl carbamates (subject to hydrolysis) is 1. The molecule has 1 aromatic heterocycles. The van der Waals surface area contributed by atoms with Crippen LogP contribution >= 0.6 is 15.9 Å². The lowest BCUT2D eigenvalue weighted by atomic mass is 10.2. The van der Waals surface area contributed by atoms with Gasteiger partial charge >= 0.3 is 6.09 Å². The standard InChI is InChI=1S/C11H16BrN3O2/c1-7(8-5-6-9(12)15-14-8)13-10(16)17-11(2,3)4/h5-7H,1-4H3,(H,13,16)/t7-/m1/s1. The fraction of sp³-hybridized carbons (Fsp3) is 0.545. The van der Waals surface area contributed by atoms with Crippen molar-refractivity contribution in [3.63, 3.8) is 0 Å². The molecule has 5 nitrogen and oxygen atoms in total. The van der Waals surface area contributed by atoms with E-state index in [-0.39, 0.29) is 6.04 Å². The van der Waals surface area contributed by atoms with Gasteiger partial charge in [-0.05, 0) is 55.8 Å². The summed E-state index contributed by atoms with van der Waals surface area (Å²) in [4.78, 5) is 11.5. The number of nitrogens with one attached hydrogen (secondary N) is 1. The number of rotatable bonds is 2. The summed E-state index contributed by atoms with van der Waals surface area (Å²) in [6.07, 6.45) is -0.463. The van der Waals surface area contributed by atoms with Crippen molar-refractivity contribution < 1.29 is 9.53 Å². The Balaban J connectivity index is 2.57. The summed E-state index contributed by atoms with van der Waals surface area (Å²) in [6.45, 7) is 7.27. The molecule has 1 rings (SSSR count). The second-order valence-corrected chi connectivity index (χ2v) is 5.46. The third-order valence-electron chi connectivity index (χ3n) is 1.83. The van der Waals surface area contributed by atoms with Gasteiger partial charge in [-0.2, -0.15) is 5.10 Å². The zero-order valence-electron chi connectivity index (χ0n) is 10.3. The van der Waals surface area contributed by atoms with Crippen molar-refractivity contribution in [2.45, 2.75) is 39.3 Å². The predicted molar refractivity (Wildman–Crippen MR) is 67.5 cm³/mol. The fourth-order valence-corrected chi connectivity index (χ4v) is 1.33. The number of amides is 1. The van der Waals surface area contributed by atoms with E-state index in [2.05, 4.69) is 31.4 Å². The number of hydrogen-bond donors (Lipinski definition) is 1. The highest BCUT2D eigenvalue weighted by atomic mass is 79.9. The first-order chi connectivity index (χ1) is 7.78. The Morgan fingerprint density at radius 3 is 2.53 bits per heavy atom. The van der Waals surface area contributed by atoms with Gasteiger partial charge in [0, 0.05) is 0 Å². The summed E-state index contributed by atoms with van der Waals surface area (Å²) in [5.41, 5.74) is 0.175. The predicted octanol–water partition coefficient (Wildman–Crippen LogP) is 2.82. The van der Waals surface area contributed by atoms with Crippen molar-refractivity contribution >= 4 is 22.0 Å². The van der Waals surface area contributed by atoms with E-state index in [1.807, 2.05) is 27.7 Å². The molecule has 0 aliphatic rings. The second-order valence-electron chi connectivity index (χ2n) is 4.65. The van der Waals surface area contributed by atoms with E-state index in [4.69, 9.17) is 4.74 Å². The monoisotopic (exact) mass is 301 g/mol. The van der Waals surface area contributed by atoms with E-state index >= 15 is 0 Å². The molecule has 0 aromatic carbocycles. The molecule has 1 N–H and O–H groups in total. The number of ether oxygens (including phenoxy) is 1. The molecule has 0 aliphatic heterocycles. The van der Waals surface area contributed by atoms with Crippen LogP contribution in [0, 0.1) is 0 Å². The maximum atomic E-state index is 11.5. The van der Waals surface area contributed by atoms with E-state index in [0.717, 1.165) is 0 Å². The van der Waals surface area contributed by atoms with Crippen LogP contribution in [-0.2, 0) is 4.74 Å². The number of carbonyl (C=O) groups excluding carboxylic acids is 1. The van der Waals surface area contributed by atoms with Gasteiger partial charge in [0.05, 0.1) is 11.7 Å². The highest BCUT2D eigenvalue weighted by molar-refractivity contribution is 9.10. The molecule has 94 valence electrons. The van der Waals surface area contributed by atoms with Crippen LogP contribution in [-0.4, -0.2) is 21.9 Å². The van der Waals surface area contributed by atoms with Crippen LogP contribution in [0.5, 0.6) is 0 Å². The molecule has 0 aliphatic carbocycles. The first-order valence-corrected chi connectivity index (χ1v) is 6.06. The molecule has 1 amide bonds. The third kappa shape index (κ3) is 5.12. The Morgan fingerprint density at radius 2 is 2.06 bits per heavy atom. The summed E-state index contributed by atoms with van der Waals surface area (Å²) in [6, 6.07) is 3.32. The number of nitrogens with zero attached hydrogens (tertiary/aromatic N) is 2. The number of hydrogen-bond acceptors (Lipinski definition) is 4. The molecular formula is C11H16BrN3O2. The second kappa shape index (κ2) is 5.44. The van der Waals surface area contributed by atoms with Crippen molar-refractivity contribution in [3.8, 4) is 0 Å². The van der Waals surface area contributed by atoms with E-state index in [1.165, 1.54) is 0 Å². The third-order valence-corrected chi connectivity index (χ3v) is 2.25. The van der Waals surface area contributed by atoms with Gasteiger partial charge < -0.3 is 10.1 Å². The summed E-state index contributed by atoms with van der Waals surface area (Å²) < 4.78 is 5.80. The molecule has 6 heteroatoms. The highest BCUT2D eigenvalue weighted by Gasteiger charge is 2.18. The number of halogens is 1. The number of carbonyl (C=O) groups is 1. The molecule has 1 aromatic rings. The Labute approximate surface area is 109 Å². The molecule has 0 saturated carbocycles. The van der Waals surface area contributed by atoms with Gasteiger partial charge in [-0.1, -0.05) is 0 Å². The van der Waals surface area contributed by atoms with Gasteiger partial charge in [-0.25, -0.2) is 4.79 Å². The Bertz CT molecular complexity index is 387. The average molecular weight is 302 g/mol. The topological polar surface area (TPSA) is 64.1 Å². The van der Waals surface area contributed by atoms with Crippen molar-refractivity contribution in [2.24, 2.45) is 0 Å². The Hall–Kier alpha value is -1.17. The Kier molecular flexibility index (Phi) is 4.45. The molecule has 1 atom stereocenters. The first kappa shape index (κ1) is 13.9. The zero-order valence-corrected chi connectivity index (χ0v) is 11.9. The molecule has 17 heavy (non-hydrogen) atoms. The van der Waals surface area contributed by atoms with Crippen LogP contribution in [0.1, 0.15) is 39.4 Å². The fourth-order valence-electron chi connectivity index (χ4n) is 1.12. The van der Waals surface area contributed by atoms with E-state index in [0.29, 0.717) is 10.3 Å². The molecule has 0 unspecified atom stereocenters. The van der Waals surface area contributed by atoms with Crippen LogP contribution in [0.3, 0.4) is 0 Å². The molecule has 0 fully saturated rings. The van der Waals surface area contributed by atoms with Crippen LogP contribution in [0.15, 0.2) is 16.7 Å². The first-order valence-electron chi connectivity index (χ1n) is 5.26. The largest absolute Gasteiger partial charge is 0.444 e. The summed E-state index contributed by atoms with van der Waals surface area (Å²) in [5.74, 6) is 0. The molecule has 0 bridgehead atoms. The normalized spacial score (nSPS) is 13.0. The van der Waals surface area contributed by atoms with Crippen LogP contribution in [0.25, 0.3) is 0 Å².